The van der Waals surface area contributed by atoms with Crippen molar-refractivity contribution in [1.82, 2.24) is 9.97 Å². The van der Waals surface area contributed by atoms with Gasteiger partial charge in [0, 0.05) is 40.2 Å². The van der Waals surface area contributed by atoms with E-state index in [1.54, 1.807) is 26.0 Å². The second kappa shape index (κ2) is 10.2. The van der Waals surface area contributed by atoms with Crippen LogP contribution in [0.25, 0.3) is 39.7 Å². The van der Waals surface area contributed by atoms with Crippen LogP contribution in [0.4, 0.5) is 26.3 Å². The van der Waals surface area contributed by atoms with Crippen LogP contribution >= 0.6 is 0 Å². The number of halogens is 6. The fraction of sp³-hybridized carbons (Fsp3) is 0.111. The highest BCUT2D eigenvalue weighted by atomic mass is 19.2. The van der Waals surface area contributed by atoms with Crippen molar-refractivity contribution < 1.29 is 31.1 Å². The zero-order valence-electron chi connectivity index (χ0n) is 19.1. The van der Waals surface area contributed by atoms with Crippen LogP contribution in [0.5, 0.6) is 5.75 Å². The minimum absolute atomic E-state index is 0.0714. The molecule has 184 valence electrons. The fourth-order valence-corrected chi connectivity index (χ4v) is 3.66. The van der Waals surface area contributed by atoms with Gasteiger partial charge in [0.15, 0.2) is 40.7 Å². The smallest absolute Gasteiger partial charge is 0.201 e. The highest BCUT2D eigenvalue weighted by molar-refractivity contribution is 5.74. The number of aromatic nitrogens is 2. The van der Waals surface area contributed by atoms with E-state index in [4.69, 9.17) is 4.74 Å². The second-order valence-electron chi connectivity index (χ2n) is 7.59. The molecule has 3 nitrogen and oxygen atoms in total. The summed E-state index contributed by atoms with van der Waals surface area (Å²) in [7, 11) is 0. The molecule has 1 aromatic heterocycles. The number of benzene rings is 3. The maximum atomic E-state index is 15.0. The lowest BCUT2D eigenvalue weighted by atomic mass is 9.97. The molecule has 1 heterocycles. The summed E-state index contributed by atoms with van der Waals surface area (Å²) in [5, 5.41) is 0. The van der Waals surface area contributed by atoms with Crippen molar-refractivity contribution in [3.63, 3.8) is 0 Å². The van der Waals surface area contributed by atoms with E-state index in [0.29, 0.717) is 5.56 Å². The Balaban J connectivity index is 1.75. The number of hydrogen-bond acceptors (Lipinski definition) is 3. The van der Waals surface area contributed by atoms with Gasteiger partial charge in [-0.1, -0.05) is 30.4 Å². The first-order chi connectivity index (χ1) is 17.3. The summed E-state index contributed by atoms with van der Waals surface area (Å²) in [6.45, 7) is 3.44. The van der Waals surface area contributed by atoms with E-state index in [9.17, 15) is 26.3 Å². The molecule has 0 atom stereocenters. The summed E-state index contributed by atoms with van der Waals surface area (Å²) in [5.41, 5.74) is -1.94. The predicted octanol–water partition coefficient (Wildman–Crippen LogP) is 7.74. The Kier molecular flexibility index (Phi) is 7.10. The summed E-state index contributed by atoms with van der Waals surface area (Å²) in [4.78, 5) is 8.01. The van der Waals surface area contributed by atoms with Crippen molar-refractivity contribution in [3.8, 4) is 39.4 Å². The van der Waals surface area contributed by atoms with Crippen molar-refractivity contribution in [2.24, 2.45) is 0 Å². The standard InChI is InChI=1S/C27H18F6N2O/c1-3-5-14-12-34-27(35-13-14)19-9-8-17(23(30)25(19)32)15-6-7-16(22(29)21(15)28)18-10-11-20(36-4-2)26(33)24(18)31/h3,5-13H,4H2,1-2H3/b5-3+. The zero-order chi connectivity index (χ0) is 26.0. The van der Waals surface area contributed by atoms with Gasteiger partial charge in [0.1, 0.15) is 0 Å². The molecule has 0 aliphatic carbocycles. The van der Waals surface area contributed by atoms with Crippen LogP contribution in [0.3, 0.4) is 0 Å². The predicted molar refractivity (Wildman–Crippen MR) is 124 cm³/mol. The molecule has 0 amide bonds. The topological polar surface area (TPSA) is 35.0 Å². The van der Waals surface area contributed by atoms with Crippen LogP contribution in [-0.2, 0) is 0 Å². The van der Waals surface area contributed by atoms with Crippen LogP contribution < -0.4 is 4.74 Å². The summed E-state index contributed by atoms with van der Waals surface area (Å²) in [6.07, 6.45) is 6.32. The molecular formula is C27H18F6N2O. The lowest BCUT2D eigenvalue weighted by molar-refractivity contribution is 0.314. The molecule has 0 aliphatic rings. The average Bonchev–Trinajstić information content (AvgIpc) is 2.87. The molecule has 36 heavy (non-hydrogen) atoms. The molecule has 4 aromatic rings. The Morgan fingerprint density at radius 2 is 1.06 bits per heavy atom. The van der Waals surface area contributed by atoms with Crippen LogP contribution in [0, 0.1) is 34.9 Å². The maximum Gasteiger partial charge on any atom is 0.201 e. The van der Waals surface area contributed by atoms with E-state index in [2.05, 4.69) is 9.97 Å². The number of allylic oxidation sites excluding steroid dienone is 1. The molecule has 0 aliphatic heterocycles. The van der Waals surface area contributed by atoms with Gasteiger partial charge in [0.25, 0.3) is 0 Å². The van der Waals surface area contributed by atoms with E-state index in [1.165, 1.54) is 12.4 Å². The lowest BCUT2D eigenvalue weighted by Crippen LogP contribution is -2.02. The monoisotopic (exact) mass is 500 g/mol. The van der Waals surface area contributed by atoms with E-state index < -0.39 is 57.2 Å². The van der Waals surface area contributed by atoms with Gasteiger partial charge in [-0.15, -0.1) is 0 Å². The van der Waals surface area contributed by atoms with Crippen LogP contribution in [0.2, 0.25) is 0 Å². The molecule has 0 saturated heterocycles. The van der Waals surface area contributed by atoms with Gasteiger partial charge in [0.05, 0.1) is 12.2 Å². The molecule has 9 heteroatoms. The quantitative estimate of drug-likeness (QED) is 0.254. The van der Waals surface area contributed by atoms with Gasteiger partial charge in [-0.3, -0.25) is 0 Å². The first-order valence-corrected chi connectivity index (χ1v) is 10.8. The van der Waals surface area contributed by atoms with E-state index >= 15 is 0 Å². The number of rotatable bonds is 6. The van der Waals surface area contributed by atoms with E-state index in [1.807, 2.05) is 0 Å². The Labute approximate surface area is 202 Å². The molecule has 4 rings (SSSR count). The summed E-state index contributed by atoms with van der Waals surface area (Å²) in [6, 6.07) is 6.25. The normalized spacial score (nSPS) is 11.3. The summed E-state index contributed by atoms with van der Waals surface area (Å²) >= 11 is 0. The first kappa shape index (κ1) is 25.0. The Morgan fingerprint density at radius 1 is 0.639 bits per heavy atom. The van der Waals surface area contributed by atoms with Crippen LogP contribution in [0.1, 0.15) is 19.4 Å². The molecule has 0 spiro atoms. The van der Waals surface area contributed by atoms with Crippen molar-refractivity contribution in [2.75, 3.05) is 6.61 Å². The Bertz CT molecular complexity index is 1470. The van der Waals surface area contributed by atoms with Crippen LogP contribution in [0.15, 0.2) is 54.9 Å². The Hall–Kier alpha value is -4.14. The van der Waals surface area contributed by atoms with Gasteiger partial charge < -0.3 is 4.74 Å². The molecule has 0 fully saturated rings. The highest BCUT2D eigenvalue weighted by Crippen LogP contribution is 2.37. The zero-order valence-corrected chi connectivity index (χ0v) is 19.1. The minimum Gasteiger partial charge on any atom is -0.491 e. The van der Waals surface area contributed by atoms with Gasteiger partial charge in [-0.25, -0.2) is 31.9 Å². The van der Waals surface area contributed by atoms with Crippen molar-refractivity contribution in [3.05, 3.63) is 95.3 Å². The largest absolute Gasteiger partial charge is 0.491 e. The van der Waals surface area contributed by atoms with Crippen LogP contribution in [-0.4, -0.2) is 16.6 Å². The van der Waals surface area contributed by atoms with Crippen molar-refractivity contribution >= 4 is 6.08 Å². The number of nitrogens with zero attached hydrogens (tertiary/aromatic N) is 2. The fourth-order valence-electron chi connectivity index (χ4n) is 3.66. The third-order valence-corrected chi connectivity index (χ3v) is 5.36. The first-order valence-electron chi connectivity index (χ1n) is 10.8. The second-order valence-corrected chi connectivity index (χ2v) is 7.59. The van der Waals surface area contributed by atoms with Crippen molar-refractivity contribution in [1.29, 1.82) is 0 Å². The lowest BCUT2D eigenvalue weighted by Gasteiger charge is -2.13. The van der Waals surface area contributed by atoms with Gasteiger partial charge >= 0.3 is 0 Å². The molecule has 0 unspecified atom stereocenters. The number of hydrogen-bond donors (Lipinski definition) is 0. The van der Waals surface area contributed by atoms with E-state index in [0.717, 1.165) is 36.4 Å². The van der Waals surface area contributed by atoms with Gasteiger partial charge in [-0.05, 0) is 32.0 Å². The number of ether oxygens (including phenoxy) is 1. The van der Waals surface area contributed by atoms with Gasteiger partial charge in [0.2, 0.25) is 5.82 Å². The molecule has 0 saturated carbocycles. The minimum atomic E-state index is -1.56. The average molecular weight is 500 g/mol. The van der Waals surface area contributed by atoms with E-state index in [-0.39, 0.29) is 23.7 Å². The molecular weight excluding hydrogens is 482 g/mol. The summed E-state index contributed by atoms with van der Waals surface area (Å²) in [5.74, 6) is -9.18. The van der Waals surface area contributed by atoms with Crippen molar-refractivity contribution in [2.45, 2.75) is 13.8 Å². The Morgan fingerprint density at radius 3 is 1.53 bits per heavy atom. The highest BCUT2D eigenvalue weighted by Gasteiger charge is 2.24. The summed E-state index contributed by atoms with van der Waals surface area (Å²) < 4.78 is 93.4. The SMILES string of the molecule is C/C=C/c1cnc(-c2ccc(-c3ccc(-c4ccc(OCC)c(F)c4F)c(F)c3F)c(F)c2F)nc1. The molecule has 0 bridgehead atoms. The molecule has 0 radical (unpaired) electrons. The maximum absolute atomic E-state index is 15.0. The molecule has 3 aromatic carbocycles. The molecule has 0 N–H and O–H groups in total. The van der Waals surface area contributed by atoms with Gasteiger partial charge in [-0.2, -0.15) is 4.39 Å². The third-order valence-electron chi connectivity index (χ3n) is 5.36. The third kappa shape index (κ3) is 4.44.